The standard InChI is InChI=1S/C16H20N4O4S/c1-23-16-10-13(4-5-17-16)11-18-15-3-2-14(12-19-15)25(21,22)20-6-8-24-9-7-20/h2-5,10,12H,6-9,11H2,1H3,(H,18,19). The average molecular weight is 364 g/mol. The third-order valence-electron chi connectivity index (χ3n) is 3.83. The quantitative estimate of drug-likeness (QED) is 0.821. The smallest absolute Gasteiger partial charge is 0.244 e. The predicted molar refractivity (Wildman–Crippen MR) is 91.9 cm³/mol. The van der Waals surface area contributed by atoms with Gasteiger partial charge in [0.2, 0.25) is 15.9 Å². The summed E-state index contributed by atoms with van der Waals surface area (Å²) >= 11 is 0. The summed E-state index contributed by atoms with van der Waals surface area (Å²) in [6, 6.07) is 6.91. The van der Waals surface area contributed by atoms with Gasteiger partial charge in [-0.2, -0.15) is 4.31 Å². The Morgan fingerprint density at radius 3 is 2.72 bits per heavy atom. The molecule has 25 heavy (non-hydrogen) atoms. The molecule has 1 aliphatic rings. The molecular weight excluding hydrogens is 344 g/mol. The van der Waals surface area contributed by atoms with Crippen molar-refractivity contribution in [2.75, 3.05) is 38.7 Å². The highest BCUT2D eigenvalue weighted by Crippen LogP contribution is 2.18. The molecule has 1 fully saturated rings. The van der Waals surface area contributed by atoms with Crippen molar-refractivity contribution in [2.24, 2.45) is 0 Å². The molecule has 0 bridgehead atoms. The predicted octanol–water partition coefficient (Wildman–Crippen LogP) is 1.12. The third-order valence-corrected chi connectivity index (χ3v) is 5.71. The minimum absolute atomic E-state index is 0.186. The lowest BCUT2D eigenvalue weighted by molar-refractivity contribution is 0.0730. The second-order valence-electron chi connectivity index (χ2n) is 5.46. The Morgan fingerprint density at radius 1 is 1.24 bits per heavy atom. The molecule has 0 aliphatic carbocycles. The Balaban J connectivity index is 1.65. The number of methoxy groups -OCH3 is 1. The van der Waals surface area contributed by atoms with Gasteiger partial charge in [-0.3, -0.25) is 0 Å². The molecule has 0 radical (unpaired) electrons. The largest absolute Gasteiger partial charge is 0.481 e. The average Bonchev–Trinajstić information content (AvgIpc) is 2.67. The molecule has 0 unspecified atom stereocenters. The molecule has 3 heterocycles. The van der Waals surface area contributed by atoms with E-state index in [1.165, 1.54) is 10.5 Å². The maximum Gasteiger partial charge on any atom is 0.244 e. The lowest BCUT2D eigenvalue weighted by atomic mass is 10.2. The van der Waals surface area contributed by atoms with Crippen molar-refractivity contribution in [3.05, 3.63) is 42.2 Å². The summed E-state index contributed by atoms with van der Waals surface area (Å²) in [6.07, 6.45) is 3.04. The fourth-order valence-electron chi connectivity index (χ4n) is 2.44. The second kappa shape index (κ2) is 7.77. The van der Waals surface area contributed by atoms with Crippen LogP contribution in [0.3, 0.4) is 0 Å². The Morgan fingerprint density at radius 2 is 2.04 bits per heavy atom. The van der Waals surface area contributed by atoms with Gasteiger partial charge in [0.25, 0.3) is 0 Å². The van der Waals surface area contributed by atoms with Gasteiger partial charge in [0.15, 0.2) is 0 Å². The summed E-state index contributed by atoms with van der Waals surface area (Å²) in [5, 5.41) is 3.15. The van der Waals surface area contributed by atoms with Gasteiger partial charge in [0.05, 0.1) is 20.3 Å². The fraction of sp³-hybridized carbons (Fsp3) is 0.375. The first-order valence-corrected chi connectivity index (χ1v) is 9.30. The van der Waals surface area contributed by atoms with Crippen molar-refractivity contribution in [2.45, 2.75) is 11.4 Å². The molecule has 0 atom stereocenters. The molecule has 1 N–H and O–H groups in total. The first kappa shape index (κ1) is 17.6. The first-order chi connectivity index (χ1) is 12.1. The maximum absolute atomic E-state index is 12.5. The maximum atomic E-state index is 12.5. The van der Waals surface area contributed by atoms with E-state index in [9.17, 15) is 8.42 Å². The molecule has 2 aromatic heterocycles. The van der Waals surface area contributed by atoms with Crippen LogP contribution in [0.15, 0.2) is 41.6 Å². The van der Waals surface area contributed by atoms with Crippen molar-refractivity contribution >= 4 is 15.8 Å². The van der Waals surface area contributed by atoms with E-state index in [0.29, 0.717) is 44.5 Å². The minimum atomic E-state index is -3.52. The highest BCUT2D eigenvalue weighted by atomic mass is 32.2. The van der Waals surface area contributed by atoms with E-state index >= 15 is 0 Å². The summed E-state index contributed by atoms with van der Waals surface area (Å²) in [7, 11) is -1.95. The number of ether oxygens (including phenoxy) is 2. The lowest BCUT2D eigenvalue weighted by Gasteiger charge is -2.25. The van der Waals surface area contributed by atoms with Crippen LogP contribution in [0.2, 0.25) is 0 Å². The Hall–Kier alpha value is -2.23. The zero-order valence-electron chi connectivity index (χ0n) is 13.9. The van der Waals surface area contributed by atoms with E-state index in [4.69, 9.17) is 9.47 Å². The monoisotopic (exact) mass is 364 g/mol. The second-order valence-corrected chi connectivity index (χ2v) is 7.39. The Bertz CT molecular complexity index is 805. The molecular formula is C16H20N4O4S. The SMILES string of the molecule is COc1cc(CNc2ccc(S(=O)(=O)N3CCOCC3)cn2)ccn1. The molecule has 9 heteroatoms. The lowest BCUT2D eigenvalue weighted by Crippen LogP contribution is -2.40. The topological polar surface area (TPSA) is 93.7 Å². The van der Waals surface area contributed by atoms with E-state index in [1.807, 2.05) is 12.1 Å². The molecule has 8 nitrogen and oxygen atoms in total. The van der Waals surface area contributed by atoms with E-state index in [-0.39, 0.29) is 4.90 Å². The third kappa shape index (κ3) is 4.25. The van der Waals surface area contributed by atoms with E-state index in [1.54, 1.807) is 25.4 Å². The van der Waals surface area contributed by atoms with Crippen molar-refractivity contribution in [1.29, 1.82) is 0 Å². The molecule has 3 rings (SSSR count). The van der Waals surface area contributed by atoms with Crippen molar-refractivity contribution in [1.82, 2.24) is 14.3 Å². The molecule has 1 saturated heterocycles. The van der Waals surface area contributed by atoms with Crippen LogP contribution in [0, 0.1) is 0 Å². The Kier molecular flexibility index (Phi) is 5.47. The number of anilines is 1. The van der Waals surface area contributed by atoms with Crippen LogP contribution in [-0.4, -0.2) is 56.1 Å². The zero-order chi connectivity index (χ0) is 17.7. The van der Waals surface area contributed by atoms with Crippen molar-refractivity contribution in [3.63, 3.8) is 0 Å². The van der Waals surface area contributed by atoms with Crippen molar-refractivity contribution < 1.29 is 17.9 Å². The highest BCUT2D eigenvalue weighted by Gasteiger charge is 2.26. The fourth-order valence-corrected chi connectivity index (χ4v) is 3.79. The van der Waals surface area contributed by atoms with Gasteiger partial charge < -0.3 is 14.8 Å². The summed E-state index contributed by atoms with van der Waals surface area (Å²) in [5.74, 6) is 1.14. The number of morpholine rings is 1. The number of sulfonamides is 1. The minimum Gasteiger partial charge on any atom is -0.481 e. The van der Waals surface area contributed by atoms with Gasteiger partial charge >= 0.3 is 0 Å². The summed E-state index contributed by atoms with van der Waals surface area (Å²) in [6.45, 7) is 2.10. The number of pyridine rings is 2. The number of nitrogens with one attached hydrogen (secondary N) is 1. The molecule has 0 aromatic carbocycles. The van der Waals surface area contributed by atoms with Crippen LogP contribution in [-0.2, 0) is 21.3 Å². The van der Waals surface area contributed by atoms with Gasteiger partial charge in [-0.05, 0) is 23.8 Å². The van der Waals surface area contributed by atoms with E-state index < -0.39 is 10.0 Å². The van der Waals surface area contributed by atoms with Gasteiger partial charge in [-0.25, -0.2) is 18.4 Å². The Labute approximate surface area is 146 Å². The van der Waals surface area contributed by atoms with Crippen molar-refractivity contribution in [3.8, 4) is 5.88 Å². The molecule has 2 aromatic rings. The zero-order valence-corrected chi connectivity index (χ0v) is 14.7. The summed E-state index contributed by atoms with van der Waals surface area (Å²) in [5.41, 5.74) is 0.985. The van der Waals surface area contributed by atoms with E-state index in [0.717, 1.165) is 5.56 Å². The normalized spacial score (nSPS) is 15.7. The molecule has 0 amide bonds. The van der Waals surface area contributed by atoms with Crippen LogP contribution in [0.25, 0.3) is 0 Å². The van der Waals surface area contributed by atoms with E-state index in [2.05, 4.69) is 15.3 Å². The molecule has 1 aliphatic heterocycles. The summed E-state index contributed by atoms with van der Waals surface area (Å²) in [4.78, 5) is 8.44. The molecule has 0 spiro atoms. The molecule has 134 valence electrons. The molecule has 0 saturated carbocycles. The van der Waals surface area contributed by atoms with Crippen LogP contribution in [0.1, 0.15) is 5.56 Å². The summed E-state index contributed by atoms with van der Waals surface area (Å²) < 4.78 is 36.8. The van der Waals surface area contributed by atoms with Crippen LogP contribution < -0.4 is 10.1 Å². The first-order valence-electron chi connectivity index (χ1n) is 7.86. The van der Waals surface area contributed by atoms with Crippen LogP contribution in [0.5, 0.6) is 5.88 Å². The van der Waals surface area contributed by atoms with Gasteiger partial charge in [0.1, 0.15) is 10.7 Å². The van der Waals surface area contributed by atoms with Crippen LogP contribution in [0.4, 0.5) is 5.82 Å². The number of rotatable bonds is 6. The number of nitrogens with zero attached hydrogens (tertiary/aromatic N) is 3. The number of hydrogen-bond acceptors (Lipinski definition) is 7. The number of hydrogen-bond donors (Lipinski definition) is 1. The van der Waals surface area contributed by atoms with Gasteiger partial charge in [0, 0.05) is 38.1 Å². The van der Waals surface area contributed by atoms with Gasteiger partial charge in [-0.15, -0.1) is 0 Å². The van der Waals surface area contributed by atoms with Crippen LogP contribution >= 0.6 is 0 Å². The number of aromatic nitrogens is 2. The highest BCUT2D eigenvalue weighted by molar-refractivity contribution is 7.89. The van der Waals surface area contributed by atoms with Gasteiger partial charge in [-0.1, -0.05) is 0 Å².